The number of likely N-dealkylation sites (tertiary alicyclic amines) is 2. The van der Waals surface area contributed by atoms with Crippen molar-refractivity contribution in [3.8, 4) is 0 Å². The Hall–Kier alpha value is -0.860. The summed E-state index contributed by atoms with van der Waals surface area (Å²) >= 11 is 0. The van der Waals surface area contributed by atoms with Gasteiger partial charge in [-0.15, -0.1) is 0 Å². The standard InChI is InChI=1S/C16H24N2/c1-2-18-13-10-16(18)9-12-17(14-16)11-8-15-6-4-3-5-7-15/h3-7H,2,8-14H2,1H3/t16-/m0/s1. The molecule has 1 atom stereocenters. The lowest BCUT2D eigenvalue weighted by Gasteiger charge is -2.50. The van der Waals surface area contributed by atoms with Crippen molar-refractivity contribution in [2.24, 2.45) is 0 Å². The van der Waals surface area contributed by atoms with E-state index in [2.05, 4.69) is 47.1 Å². The molecule has 3 rings (SSSR count). The normalized spacial score (nSPS) is 28.7. The Morgan fingerprint density at radius 1 is 1.11 bits per heavy atom. The predicted octanol–water partition coefficient (Wildman–Crippen LogP) is 2.40. The lowest BCUT2D eigenvalue weighted by atomic mass is 9.84. The zero-order valence-corrected chi connectivity index (χ0v) is 11.4. The van der Waals surface area contributed by atoms with E-state index in [9.17, 15) is 0 Å². The van der Waals surface area contributed by atoms with Crippen LogP contribution in [0.25, 0.3) is 0 Å². The quantitative estimate of drug-likeness (QED) is 0.802. The number of hydrogen-bond donors (Lipinski definition) is 0. The summed E-state index contributed by atoms with van der Waals surface area (Å²) in [7, 11) is 0. The third-order valence-corrected chi connectivity index (χ3v) is 4.87. The van der Waals surface area contributed by atoms with Gasteiger partial charge in [-0.1, -0.05) is 37.3 Å². The average Bonchev–Trinajstić information content (AvgIpc) is 2.84. The number of likely N-dealkylation sites (N-methyl/N-ethyl adjacent to an activating group) is 1. The first-order valence-electron chi connectivity index (χ1n) is 7.34. The van der Waals surface area contributed by atoms with Crippen LogP contribution in [0.15, 0.2) is 30.3 Å². The van der Waals surface area contributed by atoms with Gasteiger partial charge in [-0.2, -0.15) is 0 Å². The molecule has 2 aliphatic rings. The average molecular weight is 244 g/mol. The van der Waals surface area contributed by atoms with Crippen LogP contribution >= 0.6 is 0 Å². The van der Waals surface area contributed by atoms with Crippen molar-refractivity contribution in [3.63, 3.8) is 0 Å². The van der Waals surface area contributed by atoms with Crippen molar-refractivity contribution in [1.82, 2.24) is 9.80 Å². The van der Waals surface area contributed by atoms with E-state index < -0.39 is 0 Å². The summed E-state index contributed by atoms with van der Waals surface area (Å²) in [6.45, 7) is 8.67. The summed E-state index contributed by atoms with van der Waals surface area (Å²) in [4.78, 5) is 5.34. The van der Waals surface area contributed by atoms with E-state index in [1.165, 1.54) is 57.5 Å². The third-order valence-electron chi connectivity index (χ3n) is 4.87. The second kappa shape index (κ2) is 5.02. The summed E-state index contributed by atoms with van der Waals surface area (Å²) in [5.74, 6) is 0. The number of rotatable bonds is 4. The first-order chi connectivity index (χ1) is 8.82. The van der Waals surface area contributed by atoms with Crippen molar-refractivity contribution < 1.29 is 0 Å². The van der Waals surface area contributed by atoms with Gasteiger partial charge in [-0.05, 0) is 31.4 Å². The Labute approximate surface area is 111 Å². The lowest BCUT2D eigenvalue weighted by Crippen LogP contribution is -2.60. The smallest absolute Gasteiger partial charge is 0.0360 e. The molecule has 0 aromatic heterocycles. The predicted molar refractivity (Wildman–Crippen MR) is 75.8 cm³/mol. The summed E-state index contributed by atoms with van der Waals surface area (Å²) in [6, 6.07) is 10.9. The molecule has 1 spiro atoms. The van der Waals surface area contributed by atoms with Crippen LogP contribution in [-0.2, 0) is 6.42 Å². The fraction of sp³-hybridized carbons (Fsp3) is 0.625. The van der Waals surface area contributed by atoms with Gasteiger partial charge >= 0.3 is 0 Å². The maximum atomic E-state index is 2.68. The molecule has 0 amide bonds. The Kier molecular flexibility index (Phi) is 3.40. The highest BCUT2D eigenvalue weighted by Gasteiger charge is 2.47. The third kappa shape index (κ3) is 2.19. The fourth-order valence-electron chi connectivity index (χ4n) is 3.61. The molecule has 1 aromatic carbocycles. The van der Waals surface area contributed by atoms with E-state index in [-0.39, 0.29) is 0 Å². The highest BCUT2D eigenvalue weighted by Crippen LogP contribution is 2.38. The molecule has 2 heteroatoms. The van der Waals surface area contributed by atoms with Crippen molar-refractivity contribution in [1.29, 1.82) is 0 Å². The number of hydrogen-bond acceptors (Lipinski definition) is 2. The van der Waals surface area contributed by atoms with E-state index in [4.69, 9.17) is 0 Å². The van der Waals surface area contributed by atoms with Crippen LogP contribution in [0, 0.1) is 0 Å². The highest BCUT2D eigenvalue weighted by atomic mass is 15.3. The van der Waals surface area contributed by atoms with Crippen molar-refractivity contribution in [2.75, 3.05) is 32.7 Å². The molecule has 98 valence electrons. The molecule has 0 N–H and O–H groups in total. The Morgan fingerprint density at radius 2 is 1.89 bits per heavy atom. The largest absolute Gasteiger partial charge is 0.301 e. The van der Waals surface area contributed by atoms with Gasteiger partial charge in [0.2, 0.25) is 0 Å². The number of nitrogens with zero attached hydrogens (tertiary/aromatic N) is 2. The summed E-state index contributed by atoms with van der Waals surface area (Å²) in [5, 5.41) is 0. The second-order valence-corrected chi connectivity index (χ2v) is 5.82. The zero-order valence-electron chi connectivity index (χ0n) is 11.4. The Bertz CT molecular complexity index is 387. The molecule has 0 unspecified atom stereocenters. The Morgan fingerprint density at radius 3 is 2.56 bits per heavy atom. The van der Waals surface area contributed by atoms with Gasteiger partial charge < -0.3 is 4.90 Å². The van der Waals surface area contributed by atoms with Crippen LogP contribution < -0.4 is 0 Å². The van der Waals surface area contributed by atoms with Gasteiger partial charge in [0.25, 0.3) is 0 Å². The van der Waals surface area contributed by atoms with Gasteiger partial charge in [0.15, 0.2) is 0 Å². The van der Waals surface area contributed by atoms with Gasteiger partial charge in [0.05, 0.1) is 0 Å². The van der Waals surface area contributed by atoms with Gasteiger partial charge in [-0.3, -0.25) is 4.90 Å². The summed E-state index contributed by atoms with van der Waals surface area (Å²) in [5.41, 5.74) is 2.03. The first kappa shape index (κ1) is 12.2. The summed E-state index contributed by atoms with van der Waals surface area (Å²) < 4.78 is 0. The van der Waals surface area contributed by atoms with Crippen molar-refractivity contribution in [3.05, 3.63) is 35.9 Å². The van der Waals surface area contributed by atoms with E-state index >= 15 is 0 Å². The van der Waals surface area contributed by atoms with Crippen molar-refractivity contribution >= 4 is 0 Å². The van der Waals surface area contributed by atoms with E-state index in [1.54, 1.807) is 0 Å². The molecular weight excluding hydrogens is 220 g/mol. The fourth-order valence-corrected chi connectivity index (χ4v) is 3.61. The lowest BCUT2D eigenvalue weighted by molar-refractivity contribution is -0.00128. The minimum atomic E-state index is 0.561. The minimum Gasteiger partial charge on any atom is -0.301 e. The van der Waals surface area contributed by atoms with Crippen LogP contribution in [-0.4, -0.2) is 48.1 Å². The summed E-state index contributed by atoms with van der Waals surface area (Å²) in [6.07, 6.45) is 4.00. The maximum Gasteiger partial charge on any atom is 0.0360 e. The zero-order chi connectivity index (χ0) is 12.4. The molecule has 18 heavy (non-hydrogen) atoms. The van der Waals surface area contributed by atoms with Gasteiger partial charge in [0, 0.05) is 31.7 Å². The molecular formula is C16H24N2. The molecule has 1 aromatic rings. The molecule has 0 aliphatic carbocycles. The molecule has 2 heterocycles. The van der Waals surface area contributed by atoms with Gasteiger partial charge in [0.1, 0.15) is 0 Å². The van der Waals surface area contributed by atoms with Crippen LogP contribution in [0.3, 0.4) is 0 Å². The minimum absolute atomic E-state index is 0.561. The monoisotopic (exact) mass is 244 g/mol. The number of benzene rings is 1. The van der Waals surface area contributed by atoms with Crippen molar-refractivity contribution in [2.45, 2.75) is 31.7 Å². The first-order valence-corrected chi connectivity index (χ1v) is 7.34. The maximum absolute atomic E-state index is 2.68. The molecule has 2 fully saturated rings. The Balaban J connectivity index is 1.51. The van der Waals surface area contributed by atoms with E-state index in [0.717, 1.165) is 0 Å². The molecule has 0 bridgehead atoms. The van der Waals surface area contributed by atoms with Crippen LogP contribution in [0.2, 0.25) is 0 Å². The molecule has 2 aliphatic heterocycles. The van der Waals surface area contributed by atoms with Crippen LogP contribution in [0.4, 0.5) is 0 Å². The molecule has 2 saturated heterocycles. The van der Waals surface area contributed by atoms with Crippen LogP contribution in [0.1, 0.15) is 25.3 Å². The van der Waals surface area contributed by atoms with E-state index in [1.807, 2.05) is 0 Å². The highest BCUT2D eigenvalue weighted by molar-refractivity contribution is 5.15. The second-order valence-electron chi connectivity index (χ2n) is 5.82. The topological polar surface area (TPSA) is 6.48 Å². The molecule has 0 radical (unpaired) electrons. The molecule has 2 nitrogen and oxygen atoms in total. The van der Waals surface area contributed by atoms with Crippen LogP contribution in [0.5, 0.6) is 0 Å². The molecule has 0 saturated carbocycles. The van der Waals surface area contributed by atoms with Gasteiger partial charge in [-0.25, -0.2) is 0 Å². The SMILES string of the molecule is CCN1CC[C@]12CCN(CCc1ccccc1)C2. The van der Waals surface area contributed by atoms with E-state index in [0.29, 0.717) is 5.54 Å².